The Labute approximate surface area is 84.3 Å². The number of aromatic hydroxyl groups is 1. The lowest BCUT2D eigenvalue weighted by Crippen LogP contribution is -2.37. The van der Waals surface area contributed by atoms with E-state index in [9.17, 15) is 17.6 Å². The second-order valence-electron chi connectivity index (χ2n) is 3.79. The second kappa shape index (κ2) is 3.40. The van der Waals surface area contributed by atoms with Crippen LogP contribution in [0.3, 0.4) is 0 Å². The molecule has 0 aliphatic carbocycles. The maximum Gasteiger partial charge on any atom is 0.398 e. The lowest BCUT2D eigenvalue weighted by atomic mass is 9.83. The second-order valence-corrected chi connectivity index (χ2v) is 3.79. The van der Waals surface area contributed by atoms with Crippen LogP contribution < -0.4 is 0 Å². The van der Waals surface area contributed by atoms with Crippen LogP contribution in [0.1, 0.15) is 19.4 Å². The van der Waals surface area contributed by atoms with Gasteiger partial charge in [0.05, 0.1) is 5.41 Å². The first kappa shape index (κ1) is 11.8. The van der Waals surface area contributed by atoms with Gasteiger partial charge in [0.15, 0.2) is 0 Å². The highest BCUT2D eigenvalue weighted by Crippen LogP contribution is 2.41. The molecule has 0 amide bonds. The van der Waals surface area contributed by atoms with Crippen molar-refractivity contribution in [2.75, 3.05) is 0 Å². The van der Waals surface area contributed by atoms with Crippen molar-refractivity contribution in [2.24, 2.45) is 0 Å². The zero-order valence-electron chi connectivity index (χ0n) is 8.19. The first-order valence-corrected chi connectivity index (χ1v) is 4.22. The lowest BCUT2D eigenvalue weighted by molar-refractivity contribution is -0.180. The number of alkyl halides is 3. The van der Waals surface area contributed by atoms with Crippen LogP contribution in [0.15, 0.2) is 18.2 Å². The van der Waals surface area contributed by atoms with Crippen molar-refractivity contribution in [2.45, 2.75) is 25.4 Å². The van der Waals surface area contributed by atoms with Crippen molar-refractivity contribution < 1.29 is 22.7 Å². The molecule has 84 valence electrons. The third kappa shape index (κ3) is 2.06. The normalized spacial score (nSPS) is 12.9. The fraction of sp³-hybridized carbons (Fsp3) is 0.400. The van der Waals surface area contributed by atoms with E-state index < -0.39 is 28.7 Å². The van der Waals surface area contributed by atoms with Gasteiger partial charge in [-0.3, -0.25) is 0 Å². The van der Waals surface area contributed by atoms with Crippen molar-refractivity contribution >= 4 is 0 Å². The molecule has 0 aromatic heterocycles. The topological polar surface area (TPSA) is 20.2 Å². The Balaban J connectivity index is 3.28. The summed E-state index contributed by atoms with van der Waals surface area (Å²) in [4.78, 5) is 0. The Hall–Kier alpha value is -1.26. The lowest BCUT2D eigenvalue weighted by Gasteiger charge is -2.28. The number of hydrogen-bond donors (Lipinski definition) is 1. The highest BCUT2D eigenvalue weighted by molar-refractivity contribution is 5.33. The molecule has 0 unspecified atom stereocenters. The predicted octanol–water partition coefficient (Wildman–Crippen LogP) is 3.37. The van der Waals surface area contributed by atoms with Crippen molar-refractivity contribution in [3.8, 4) is 5.75 Å². The summed E-state index contributed by atoms with van der Waals surface area (Å²) >= 11 is 0. The number of halogens is 4. The fourth-order valence-electron chi connectivity index (χ4n) is 1.16. The van der Waals surface area contributed by atoms with Crippen LogP contribution in [0.2, 0.25) is 0 Å². The molecule has 1 aromatic rings. The van der Waals surface area contributed by atoms with Gasteiger partial charge in [-0.05, 0) is 19.9 Å². The molecule has 0 saturated carbocycles. The molecule has 0 radical (unpaired) electrons. The number of phenolic OH excluding ortho intramolecular Hbond substituents is 1. The van der Waals surface area contributed by atoms with Crippen LogP contribution in [0.5, 0.6) is 5.75 Å². The van der Waals surface area contributed by atoms with E-state index in [1.807, 2.05) is 0 Å². The highest BCUT2D eigenvalue weighted by Gasteiger charge is 2.49. The summed E-state index contributed by atoms with van der Waals surface area (Å²) in [7, 11) is 0. The minimum Gasteiger partial charge on any atom is -0.508 e. The van der Waals surface area contributed by atoms with E-state index in [1.54, 1.807) is 0 Å². The highest BCUT2D eigenvalue weighted by atomic mass is 19.4. The van der Waals surface area contributed by atoms with Gasteiger partial charge in [-0.25, -0.2) is 4.39 Å². The molecule has 0 spiro atoms. The van der Waals surface area contributed by atoms with Crippen molar-refractivity contribution in [1.82, 2.24) is 0 Å². The summed E-state index contributed by atoms with van der Waals surface area (Å²) < 4.78 is 50.9. The van der Waals surface area contributed by atoms with E-state index in [-0.39, 0.29) is 0 Å². The molecule has 0 fully saturated rings. The SMILES string of the molecule is CC(C)(c1ccc(O)cc1F)C(F)(F)F. The quantitative estimate of drug-likeness (QED) is 0.722. The van der Waals surface area contributed by atoms with E-state index >= 15 is 0 Å². The van der Waals surface area contributed by atoms with Crippen LogP contribution in [0.4, 0.5) is 17.6 Å². The molecule has 1 rings (SSSR count). The molecular formula is C10H10F4O. The third-order valence-corrected chi connectivity index (χ3v) is 2.33. The van der Waals surface area contributed by atoms with Crippen LogP contribution in [-0.4, -0.2) is 11.3 Å². The minimum atomic E-state index is -4.54. The first-order valence-electron chi connectivity index (χ1n) is 4.22. The van der Waals surface area contributed by atoms with Gasteiger partial charge in [0.1, 0.15) is 11.6 Å². The van der Waals surface area contributed by atoms with Gasteiger partial charge in [0.25, 0.3) is 0 Å². The van der Waals surface area contributed by atoms with Gasteiger partial charge in [0.2, 0.25) is 0 Å². The molecule has 0 aliphatic heterocycles. The average molecular weight is 222 g/mol. The predicted molar refractivity (Wildman–Crippen MR) is 47.1 cm³/mol. The number of phenols is 1. The van der Waals surface area contributed by atoms with Gasteiger partial charge >= 0.3 is 6.18 Å². The zero-order valence-corrected chi connectivity index (χ0v) is 8.19. The molecule has 5 heteroatoms. The molecule has 15 heavy (non-hydrogen) atoms. The van der Waals surface area contributed by atoms with Gasteiger partial charge in [-0.1, -0.05) is 6.07 Å². The Morgan fingerprint density at radius 3 is 2.07 bits per heavy atom. The Morgan fingerprint density at radius 1 is 1.13 bits per heavy atom. The molecule has 0 atom stereocenters. The summed E-state index contributed by atoms with van der Waals surface area (Å²) in [5.74, 6) is -1.45. The van der Waals surface area contributed by atoms with Crippen molar-refractivity contribution in [3.63, 3.8) is 0 Å². The molecule has 1 N–H and O–H groups in total. The largest absolute Gasteiger partial charge is 0.508 e. The Bertz CT molecular complexity index is 368. The first-order chi connectivity index (χ1) is 6.66. The number of hydrogen-bond acceptors (Lipinski definition) is 1. The molecule has 0 aliphatic rings. The minimum absolute atomic E-state index is 0.394. The Morgan fingerprint density at radius 2 is 1.67 bits per heavy atom. The molecule has 0 bridgehead atoms. The third-order valence-electron chi connectivity index (χ3n) is 2.33. The smallest absolute Gasteiger partial charge is 0.398 e. The van der Waals surface area contributed by atoms with Crippen LogP contribution >= 0.6 is 0 Å². The maximum absolute atomic E-state index is 13.2. The fourth-order valence-corrected chi connectivity index (χ4v) is 1.16. The molecule has 0 heterocycles. The van der Waals surface area contributed by atoms with E-state index in [4.69, 9.17) is 5.11 Å². The van der Waals surface area contributed by atoms with E-state index in [0.29, 0.717) is 6.07 Å². The summed E-state index contributed by atoms with van der Waals surface area (Å²) in [6, 6.07) is 2.65. The molecule has 0 saturated heterocycles. The van der Waals surface area contributed by atoms with Crippen LogP contribution in [0, 0.1) is 5.82 Å². The van der Waals surface area contributed by atoms with Gasteiger partial charge in [-0.15, -0.1) is 0 Å². The average Bonchev–Trinajstić information content (AvgIpc) is 2.00. The van der Waals surface area contributed by atoms with E-state index in [0.717, 1.165) is 26.0 Å². The number of benzene rings is 1. The van der Waals surface area contributed by atoms with Crippen LogP contribution in [0.25, 0.3) is 0 Å². The van der Waals surface area contributed by atoms with Gasteiger partial charge in [0, 0.05) is 11.6 Å². The van der Waals surface area contributed by atoms with Crippen molar-refractivity contribution in [1.29, 1.82) is 0 Å². The maximum atomic E-state index is 13.2. The summed E-state index contributed by atoms with van der Waals surface area (Å²) in [5.41, 5.74) is -2.75. The van der Waals surface area contributed by atoms with E-state index in [1.165, 1.54) is 0 Å². The molecule has 1 aromatic carbocycles. The van der Waals surface area contributed by atoms with Gasteiger partial charge < -0.3 is 5.11 Å². The zero-order chi connectivity index (χ0) is 11.9. The summed E-state index contributed by atoms with van der Waals surface area (Å²) in [6.07, 6.45) is -4.54. The standard InChI is InChI=1S/C10H10F4O/c1-9(2,10(12,13)14)7-4-3-6(15)5-8(7)11/h3-5,15H,1-2H3. The Kier molecular flexibility index (Phi) is 2.67. The van der Waals surface area contributed by atoms with E-state index in [2.05, 4.69) is 0 Å². The van der Waals surface area contributed by atoms with Gasteiger partial charge in [-0.2, -0.15) is 13.2 Å². The van der Waals surface area contributed by atoms with Crippen molar-refractivity contribution in [3.05, 3.63) is 29.6 Å². The molecular weight excluding hydrogens is 212 g/mol. The summed E-state index contributed by atoms with van der Waals surface area (Å²) in [6.45, 7) is 1.78. The summed E-state index contributed by atoms with van der Waals surface area (Å²) in [5, 5.41) is 8.88. The molecule has 1 nitrogen and oxygen atoms in total. The monoisotopic (exact) mass is 222 g/mol. The van der Waals surface area contributed by atoms with Crippen LogP contribution in [-0.2, 0) is 5.41 Å². The number of rotatable bonds is 1.